The van der Waals surface area contributed by atoms with E-state index in [1.807, 2.05) is 6.07 Å². The molecule has 1 saturated carbocycles. The van der Waals surface area contributed by atoms with Crippen LogP contribution in [0, 0.1) is 5.92 Å². The maximum atomic E-state index is 5.71. The summed E-state index contributed by atoms with van der Waals surface area (Å²) in [6, 6.07) is 4.30. The summed E-state index contributed by atoms with van der Waals surface area (Å²) < 4.78 is 5.30. The Balaban J connectivity index is 1.77. The van der Waals surface area contributed by atoms with E-state index >= 15 is 0 Å². The zero-order valence-corrected chi connectivity index (χ0v) is 9.89. The second kappa shape index (κ2) is 5.04. The molecule has 0 aromatic carbocycles. The summed E-state index contributed by atoms with van der Waals surface area (Å²) >= 11 is 5.71. The van der Waals surface area contributed by atoms with Crippen LogP contribution in [-0.2, 0) is 6.54 Å². The van der Waals surface area contributed by atoms with E-state index < -0.39 is 0 Å². The molecule has 3 heteroatoms. The van der Waals surface area contributed by atoms with E-state index in [2.05, 4.69) is 12.2 Å². The molecule has 1 heterocycles. The third-order valence-electron chi connectivity index (χ3n) is 3.33. The molecule has 2 nitrogen and oxygen atoms in total. The fourth-order valence-corrected chi connectivity index (χ4v) is 2.49. The van der Waals surface area contributed by atoms with Crippen LogP contribution in [0.3, 0.4) is 0 Å². The van der Waals surface area contributed by atoms with E-state index in [9.17, 15) is 0 Å². The van der Waals surface area contributed by atoms with Crippen molar-refractivity contribution in [1.82, 2.24) is 5.32 Å². The molecular weight excluding hydrogens is 210 g/mol. The topological polar surface area (TPSA) is 25.2 Å². The van der Waals surface area contributed by atoms with Crippen molar-refractivity contribution in [3.05, 3.63) is 23.1 Å². The van der Waals surface area contributed by atoms with Crippen LogP contribution in [0.5, 0.6) is 0 Å². The molecule has 1 atom stereocenters. The fourth-order valence-electron chi connectivity index (χ4n) is 2.33. The Morgan fingerprint density at radius 1 is 1.47 bits per heavy atom. The first-order valence-corrected chi connectivity index (χ1v) is 6.11. The lowest BCUT2D eigenvalue weighted by atomic mass is 10.00. The Hall–Kier alpha value is -0.470. The summed E-state index contributed by atoms with van der Waals surface area (Å²) in [4.78, 5) is 0. The van der Waals surface area contributed by atoms with Gasteiger partial charge in [-0.25, -0.2) is 0 Å². The number of nitrogens with one attached hydrogen (secondary N) is 1. The summed E-state index contributed by atoms with van der Waals surface area (Å²) in [6.07, 6.45) is 5.52. The molecule has 1 aliphatic carbocycles. The maximum absolute atomic E-state index is 5.71. The maximum Gasteiger partial charge on any atom is 0.193 e. The highest BCUT2D eigenvalue weighted by molar-refractivity contribution is 6.28. The Kier molecular flexibility index (Phi) is 3.71. The van der Waals surface area contributed by atoms with Crippen LogP contribution >= 0.6 is 11.6 Å². The van der Waals surface area contributed by atoms with Gasteiger partial charge in [-0.2, -0.15) is 0 Å². The number of rotatable bonds is 4. The molecule has 15 heavy (non-hydrogen) atoms. The van der Waals surface area contributed by atoms with Crippen molar-refractivity contribution >= 4 is 11.6 Å². The molecule has 1 aliphatic rings. The monoisotopic (exact) mass is 227 g/mol. The molecule has 0 radical (unpaired) electrons. The highest BCUT2D eigenvalue weighted by Crippen LogP contribution is 2.27. The average Bonchev–Trinajstić information content (AvgIpc) is 2.84. The van der Waals surface area contributed by atoms with Crippen LogP contribution in [-0.4, -0.2) is 6.04 Å². The molecule has 0 amide bonds. The highest BCUT2D eigenvalue weighted by Gasteiger charge is 2.21. The number of furan rings is 1. The predicted molar refractivity (Wildman–Crippen MR) is 62.0 cm³/mol. The van der Waals surface area contributed by atoms with Gasteiger partial charge in [0.05, 0.1) is 6.54 Å². The first-order valence-electron chi connectivity index (χ1n) is 5.73. The molecule has 0 bridgehead atoms. The Morgan fingerprint density at radius 3 is 2.80 bits per heavy atom. The molecule has 1 aromatic heterocycles. The Bertz CT molecular complexity index is 304. The molecule has 1 N–H and O–H groups in total. The van der Waals surface area contributed by atoms with Crippen molar-refractivity contribution < 1.29 is 4.42 Å². The minimum Gasteiger partial charge on any atom is -0.448 e. The van der Waals surface area contributed by atoms with E-state index in [1.54, 1.807) is 6.07 Å². The standard InChI is InChI=1S/C12H18ClNO/c1-9(10-4-2-3-5-10)14-8-11-6-7-12(13)15-11/h6-7,9-10,14H,2-5,8H2,1H3/t9-/m0/s1. The van der Waals surface area contributed by atoms with Gasteiger partial charge in [0, 0.05) is 6.04 Å². The number of hydrogen-bond donors (Lipinski definition) is 1. The van der Waals surface area contributed by atoms with Gasteiger partial charge in [-0.15, -0.1) is 0 Å². The van der Waals surface area contributed by atoms with E-state index in [0.717, 1.165) is 18.2 Å². The smallest absolute Gasteiger partial charge is 0.193 e. The summed E-state index contributed by atoms with van der Waals surface area (Å²) in [7, 11) is 0. The van der Waals surface area contributed by atoms with E-state index in [-0.39, 0.29) is 0 Å². The first-order chi connectivity index (χ1) is 7.25. The van der Waals surface area contributed by atoms with Crippen molar-refractivity contribution in [1.29, 1.82) is 0 Å². The minimum absolute atomic E-state index is 0.473. The Labute approximate surface area is 96.0 Å². The van der Waals surface area contributed by atoms with Gasteiger partial charge in [-0.1, -0.05) is 12.8 Å². The quantitative estimate of drug-likeness (QED) is 0.850. The van der Waals surface area contributed by atoms with Gasteiger partial charge in [-0.3, -0.25) is 0 Å². The lowest BCUT2D eigenvalue weighted by Crippen LogP contribution is -2.31. The van der Waals surface area contributed by atoms with Gasteiger partial charge in [-0.05, 0) is 49.4 Å². The van der Waals surface area contributed by atoms with Crippen molar-refractivity contribution in [2.45, 2.75) is 45.2 Å². The van der Waals surface area contributed by atoms with Gasteiger partial charge < -0.3 is 9.73 Å². The molecule has 0 aliphatic heterocycles. The summed E-state index contributed by atoms with van der Waals surface area (Å²) in [5.74, 6) is 1.76. The van der Waals surface area contributed by atoms with Crippen LogP contribution in [0.4, 0.5) is 0 Å². The van der Waals surface area contributed by atoms with E-state index in [1.165, 1.54) is 25.7 Å². The molecule has 1 aromatic rings. The van der Waals surface area contributed by atoms with E-state index in [4.69, 9.17) is 16.0 Å². The molecule has 0 unspecified atom stereocenters. The van der Waals surface area contributed by atoms with Gasteiger partial charge in [0.15, 0.2) is 5.22 Å². The third-order valence-corrected chi connectivity index (χ3v) is 3.54. The van der Waals surface area contributed by atoms with Gasteiger partial charge in [0.2, 0.25) is 0 Å². The summed E-state index contributed by atoms with van der Waals surface area (Å²) in [6.45, 7) is 3.05. The van der Waals surface area contributed by atoms with Gasteiger partial charge in [0.25, 0.3) is 0 Å². The number of halogens is 1. The lowest BCUT2D eigenvalue weighted by Gasteiger charge is -2.19. The zero-order valence-electron chi connectivity index (χ0n) is 9.13. The second-order valence-electron chi connectivity index (χ2n) is 4.42. The third kappa shape index (κ3) is 2.99. The lowest BCUT2D eigenvalue weighted by molar-refractivity contribution is 0.363. The zero-order chi connectivity index (χ0) is 10.7. The van der Waals surface area contributed by atoms with Gasteiger partial charge in [0.1, 0.15) is 5.76 Å². The molecule has 0 saturated heterocycles. The SMILES string of the molecule is C[C@H](NCc1ccc(Cl)o1)C1CCCC1. The summed E-state index contributed by atoms with van der Waals surface area (Å²) in [5.41, 5.74) is 0. The normalized spacial score (nSPS) is 19.6. The van der Waals surface area contributed by atoms with Gasteiger partial charge >= 0.3 is 0 Å². The Morgan fingerprint density at radius 2 is 2.20 bits per heavy atom. The van der Waals surface area contributed by atoms with E-state index in [0.29, 0.717) is 11.3 Å². The fraction of sp³-hybridized carbons (Fsp3) is 0.667. The van der Waals surface area contributed by atoms with Crippen LogP contribution in [0.1, 0.15) is 38.4 Å². The second-order valence-corrected chi connectivity index (χ2v) is 4.79. The van der Waals surface area contributed by atoms with Crippen molar-refractivity contribution in [3.8, 4) is 0 Å². The largest absolute Gasteiger partial charge is 0.448 e. The molecule has 0 spiro atoms. The van der Waals surface area contributed by atoms with Crippen LogP contribution in [0.25, 0.3) is 0 Å². The summed E-state index contributed by atoms with van der Waals surface area (Å²) in [5, 5.41) is 3.97. The van der Waals surface area contributed by atoms with Crippen molar-refractivity contribution in [3.63, 3.8) is 0 Å². The van der Waals surface area contributed by atoms with Crippen LogP contribution < -0.4 is 5.32 Å². The molecule has 84 valence electrons. The number of hydrogen-bond acceptors (Lipinski definition) is 2. The molecular formula is C12H18ClNO. The van der Waals surface area contributed by atoms with Crippen molar-refractivity contribution in [2.75, 3.05) is 0 Å². The molecule has 2 rings (SSSR count). The van der Waals surface area contributed by atoms with Crippen LogP contribution in [0.2, 0.25) is 5.22 Å². The predicted octanol–water partition coefficient (Wildman–Crippen LogP) is 3.60. The van der Waals surface area contributed by atoms with Crippen molar-refractivity contribution in [2.24, 2.45) is 5.92 Å². The average molecular weight is 228 g/mol. The first kappa shape index (κ1) is 11.0. The minimum atomic E-state index is 0.473. The highest BCUT2D eigenvalue weighted by atomic mass is 35.5. The molecule has 1 fully saturated rings. The van der Waals surface area contributed by atoms with Crippen LogP contribution in [0.15, 0.2) is 16.5 Å².